The van der Waals surface area contributed by atoms with E-state index in [1.54, 1.807) is 30.3 Å². The number of rotatable bonds is 3. The van der Waals surface area contributed by atoms with Crippen LogP contribution in [0.1, 0.15) is 11.1 Å². The number of ether oxygens (including phenoxy) is 1. The molecule has 7 nitrogen and oxygen atoms in total. The molecule has 0 fully saturated rings. The minimum atomic E-state index is -4.81. The molecule has 1 aromatic heterocycles. The lowest BCUT2D eigenvalue weighted by Crippen LogP contribution is -2.42. The van der Waals surface area contributed by atoms with Crippen LogP contribution in [0.3, 0.4) is 0 Å². The van der Waals surface area contributed by atoms with Gasteiger partial charge in [0.15, 0.2) is 5.84 Å². The first-order valence-electron chi connectivity index (χ1n) is 8.58. The Hall–Kier alpha value is -4.08. The van der Waals surface area contributed by atoms with Crippen LogP contribution >= 0.6 is 0 Å². The summed E-state index contributed by atoms with van der Waals surface area (Å²) in [5, 5.41) is 24.2. The smallest absolute Gasteiger partial charge is 0.494 e. The van der Waals surface area contributed by atoms with Crippen molar-refractivity contribution in [2.75, 3.05) is 5.01 Å². The number of hydrogen-bond acceptors (Lipinski definition) is 5. The first kappa shape index (κ1) is 19.2. The molecular weight excluding hydrogens is 401 g/mol. The summed E-state index contributed by atoms with van der Waals surface area (Å²) in [5.41, 5.74) is 0.350. The Morgan fingerprint density at radius 1 is 1.10 bits per heavy atom. The van der Waals surface area contributed by atoms with Crippen molar-refractivity contribution in [3.8, 4) is 11.6 Å². The molecule has 30 heavy (non-hydrogen) atoms. The second-order valence-electron chi connectivity index (χ2n) is 6.30. The zero-order valence-corrected chi connectivity index (χ0v) is 15.1. The molecule has 0 radical (unpaired) electrons. The molecule has 3 aromatic rings. The summed E-state index contributed by atoms with van der Waals surface area (Å²) in [7, 11) is 0. The molecule has 0 unspecified atom stereocenters. The Balaban J connectivity index is 1.83. The van der Waals surface area contributed by atoms with E-state index in [4.69, 9.17) is 5.41 Å². The average molecular weight is 414 g/mol. The molecule has 0 bridgehead atoms. The lowest BCUT2D eigenvalue weighted by molar-refractivity contribution is -0.274. The van der Waals surface area contributed by atoms with Gasteiger partial charge >= 0.3 is 6.36 Å². The maximum atomic E-state index is 12.4. The predicted molar refractivity (Wildman–Crippen MR) is 102 cm³/mol. The van der Waals surface area contributed by atoms with Gasteiger partial charge in [-0.15, -0.1) is 13.2 Å². The van der Waals surface area contributed by atoms with Crippen molar-refractivity contribution in [2.24, 2.45) is 5.10 Å². The summed E-state index contributed by atoms with van der Waals surface area (Å²) in [6, 6.07) is 13.6. The first-order valence-corrected chi connectivity index (χ1v) is 8.58. The molecule has 0 aliphatic carbocycles. The summed E-state index contributed by atoms with van der Waals surface area (Å²) in [5.74, 6) is -1.02. The fourth-order valence-electron chi connectivity index (χ4n) is 3.00. The van der Waals surface area contributed by atoms with E-state index < -0.39 is 23.6 Å². The van der Waals surface area contributed by atoms with Gasteiger partial charge in [-0.2, -0.15) is 5.10 Å². The number of nitrogens with one attached hydrogen (secondary N) is 2. The number of nitrogens with zero attached hydrogens (tertiary/aromatic N) is 2. The Morgan fingerprint density at radius 2 is 1.77 bits per heavy atom. The van der Waals surface area contributed by atoms with Gasteiger partial charge in [-0.25, -0.2) is 5.01 Å². The maximum Gasteiger partial charge on any atom is 0.573 e. The molecule has 0 saturated heterocycles. The number of amidine groups is 1. The van der Waals surface area contributed by atoms with Crippen molar-refractivity contribution in [3.05, 3.63) is 86.7 Å². The fourth-order valence-corrected chi connectivity index (χ4v) is 3.00. The van der Waals surface area contributed by atoms with Gasteiger partial charge < -0.3 is 9.84 Å². The summed E-state index contributed by atoms with van der Waals surface area (Å²) < 4.78 is 40.7. The van der Waals surface area contributed by atoms with Crippen LogP contribution in [0.5, 0.6) is 11.6 Å². The fraction of sp³-hybridized carbons (Fsp3) is 0.0500. The second-order valence-corrected chi connectivity index (χ2v) is 6.30. The van der Waals surface area contributed by atoms with Crippen LogP contribution in [0, 0.1) is 5.41 Å². The zero-order valence-electron chi connectivity index (χ0n) is 15.1. The molecule has 10 heteroatoms. The van der Waals surface area contributed by atoms with E-state index in [0.29, 0.717) is 11.3 Å². The van der Waals surface area contributed by atoms with Crippen LogP contribution in [0.25, 0.3) is 6.08 Å². The van der Waals surface area contributed by atoms with Gasteiger partial charge in [0.1, 0.15) is 16.7 Å². The summed E-state index contributed by atoms with van der Waals surface area (Å²) in [6.07, 6.45) is -3.40. The van der Waals surface area contributed by atoms with Gasteiger partial charge in [0.2, 0.25) is 5.88 Å². The monoisotopic (exact) mass is 414 g/mol. The Bertz CT molecular complexity index is 1300. The molecule has 2 heterocycles. The molecule has 1 aliphatic rings. The number of anilines is 1. The molecular formula is C20H13F3N4O3. The van der Waals surface area contributed by atoms with E-state index in [9.17, 15) is 23.1 Å². The number of aromatic amines is 1. The quantitative estimate of drug-likeness (QED) is 0.612. The van der Waals surface area contributed by atoms with Crippen molar-refractivity contribution in [1.29, 1.82) is 5.41 Å². The second kappa shape index (κ2) is 7.07. The van der Waals surface area contributed by atoms with Crippen molar-refractivity contribution >= 4 is 17.6 Å². The number of hydrogen-bond donors (Lipinski definition) is 3. The van der Waals surface area contributed by atoms with Gasteiger partial charge in [-0.3, -0.25) is 15.2 Å². The molecule has 0 atom stereocenters. The van der Waals surface area contributed by atoms with Crippen molar-refractivity contribution in [3.63, 3.8) is 0 Å². The first-order chi connectivity index (χ1) is 14.2. The number of para-hydroxylation sites is 1. The third-order valence-electron chi connectivity index (χ3n) is 4.28. The minimum Gasteiger partial charge on any atom is -0.494 e. The summed E-state index contributed by atoms with van der Waals surface area (Å²) in [4.78, 5) is 14.7. The number of alkyl halides is 3. The predicted octanol–water partition coefficient (Wildman–Crippen LogP) is 2.19. The minimum absolute atomic E-state index is 0.0433. The van der Waals surface area contributed by atoms with Gasteiger partial charge in [0.05, 0.1) is 10.9 Å². The van der Waals surface area contributed by atoms with Crippen molar-refractivity contribution in [2.45, 2.75) is 6.36 Å². The third kappa shape index (κ3) is 3.62. The third-order valence-corrected chi connectivity index (χ3v) is 4.28. The standard InChI is InChI=1S/C20H13F3N4O3/c21-20(22,23)30-13-8-6-11(7-9-13)10-14-16-15(19(29)25-18(14)28)17(24)27(26-16)12-4-2-1-3-5-12/h1-10,24,29H,(H,25,28)/b14-10+,24-17?. The lowest BCUT2D eigenvalue weighted by Gasteiger charge is -2.13. The van der Waals surface area contributed by atoms with Crippen LogP contribution < -0.4 is 25.9 Å². The van der Waals surface area contributed by atoms with Gasteiger partial charge in [-0.05, 0) is 35.9 Å². The van der Waals surface area contributed by atoms with E-state index >= 15 is 0 Å². The van der Waals surface area contributed by atoms with Gasteiger partial charge in [0.25, 0.3) is 5.56 Å². The highest BCUT2D eigenvalue weighted by molar-refractivity contribution is 6.10. The lowest BCUT2D eigenvalue weighted by atomic mass is 10.1. The topological polar surface area (TPSA) is 102 Å². The average Bonchev–Trinajstić information content (AvgIpc) is 3.03. The highest BCUT2D eigenvalue weighted by Crippen LogP contribution is 2.23. The van der Waals surface area contributed by atoms with Gasteiger partial charge in [-0.1, -0.05) is 30.3 Å². The normalized spacial score (nSPS) is 13.9. The van der Waals surface area contributed by atoms with Crippen molar-refractivity contribution in [1.82, 2.24) is 4.98 Å². The van der Waals surface area contributed by atoms with E-state index in [1.807, 2.05) is 0 Å². The van der Waals surface area contributed by atoms with E-state index in [-0.39, 0.29) is 22.0 Å². The van der Waals surface area contributed by atoms with Gasteiger partial charge in [0, 0.05) is 0 Å². The Morgan fingerprint density at radius 3 is 2.40 bits per heavy atom. The number of benzene rings is 2. The molecule has 2 aromatic carbocycles. The highest BCUT2D eigenvalue weighted by Gasteiger charge is 2.31. The number of fused-ring (bicyclic) bond motifs is 1. The Kier molecular flexibility index (Phi) is 4.53. The molecule has 4 rings (SSSR count). The van der Waals surface area contributed by atoms with Crippen LogP contribution in [-0.4, -0.2) is 22.3 Å². The molecule has 0 amide bonds. The zero-order chi connectivity index (χ0) is 21.5. The molecule has 1 aliphatic heterocycles. The van der Waals surface area contributed by atoms with E-state index in [1.165, 1.54) is 23.2 Å². The van der Waals surface area contributed by atoms with Crippen LogP contribution in [0.2, 0.25) is 0 Å². The summed E-state index contributed by atoms with van der Waals surface area (Å²) >= 11 is 0. The van der Waals surface area contributed by atoms with Crippen LogP contribution in [0.4, 0.5) is 18.9 Å². The number of aromatic hydroxyl groups is 1. The van der Waals surface area contributed by atoms with Crippen LogP contribution in [0.15, 0.2) is 64.5 Å². The molecule has 0 spiro atoms. The maximum absolute atomic E-state index is 12.4. The molecule has 3 N–H and O–H groups in total. The highest BCUT2D eigenvalue weighted by atomic mass is 19.4. The largest absolute Gasteiger partial charge is 0.573 e. The molecule has 0 saturated carbocycles. The summed E-state index contributed by atoms with van der Waals surface area (Å²) in [6.45, 7) is 0. The number of H-pyrrole nitrogens is 1. The Labute approximate surface area is 166 Å². The van der Waals surface area contributed by atoms with E-state index in [0.717, 1.165) is 12.1 Å². The van der Waals surface area contributed by atoms with E-state index in [2.05, 4.69) is 14.8 Å². The molecule has 152 valence electrons. The number of halogens is 3. The number of aromatic nitrogens is 1. The van der Waals surface area contributed by atoms with Crippen molar-refractivity contribution < 1.29 is 23.0 Å². The SMILES string of the molecule is N=C1c2c(O)[nH]c(=O)/c(=C/c3ccc(OC(F)(F)F)cc3)c2=NN1c1ccccc1. The van der Waals surface area contributed by atoms with Crippen LogP contribution in [-0.2, 0) is 0 Å². The number of pyridine rings is 1.